The Morgan fingerprint density at radius 1 is 1.17 bits per heavy atom. The number of rotatable bonds is 6. The second-order valence-electron chi connectivity index (χ2n) is 7.35. The third kappa shape index (κ3) is 5.79. The Kier molecular flexibility index (Phi) is 7.96. The largest absolute Gasteiger partial charge is 0.452 e. The molecule has 30 heavy (non-hydrogen) atoms. The van der Waals surface area contributed by atoms with Crippen molar-refractivity contribution in [1.82, 2.24) is 14.9 Å². The Hall–Kier alpha value is -2.46. The van der Waals surface area contributed by atoms with Crippen LogP contribution in [0.4, 0.5) is 4.79 Å². The summed E-state index contributed by atoms with van der Waals surface area (Å²) in [5, 5.41) is 4.50. The molecule has 9 nitrogen and oxygen atoms in total. The first-order valence-electron chi connectivity index (χ1n) is 9.92. The Labute approximate surface area is 177 Å². The van der Waals surface area contributed by atoms with Gasteiger partial charge in [0.15, 0.2) is 6.10 Å². The van der Waals surface area contributed by atoms with E-state index in [4.69, 9.17) is 4.74 Å². The predicted octanol–water partition coefficient (Wildman–Crippen LogP) is 1.48. The van der Waals surface area contributed by atoms with Crippen molar-refractivity contribution in [3.63, 3.8) is 0 Å². The number of ether oxygens (including phenoxy) is 1. The van der Waals surface area contributed by atoms with Gasteiger partial charge < -0.3 is 10.1 Å². The summed E-state index contributed by atoms with van der Waals surface area (Å²) in [5.41, 5.74) is 1.91. The molecule has 0 spiro atoms. The fraction of sp³-hybridized carbons (Fsp3) is 0.550. The van der Waals surface area contributed by atoms with Crippen LogP contribution in [0, 0.1) is 19.8 Å². The summed E-state index contributed by atoms with van der Waals surface area (Å²) in [6.45, 7) is 7.60. The maximum Gasteiger partial charge on any atom is 0.321 e. The minimum Gasteiger partial charge on any atom is -0.452 e. The first-order chi connectivity index (χ1) is 14.1. The van der Waals surface area contributed by atoms with Gasteiger partial charge in [-0.3, -0.25) is 14.9 Å². The van der Waals surface area contributed by atoms with Gasteiger partial charge in [0.05, 0.1) is 10.8 Å². The molecule has 0 unspecified atom stereocenters. The van der Waals surface area contributed by atoms with Crippen LogP contribution in [0.2, 0.25) is 0 Å². The molecule has 2 N–H and O–H groups in total. The molecule has 0 aliphatic carbocycles. The topological polar surface area (TPSA) is 122 Å². The number of aryl methyl sites for hydroxylation is 2. The van der Waals surface area contributed by atoms with E-state index in [1.165, 1.54) is 11.2 Å². The average molecular weight is 440 g/mol. The lowest BCUT2D eigenvalue weighted by Crippen LogP contribution is -2.46. The third-order valence-electron chi connectivity index (χ3n) is 5.14. The van der Waals surface area contributed by atoms with E-state index in [0.717, 1.165) is 11.1 Å². The SMILES string of the molecule is CCNC(=O)NC(=O)[C@H](C)OC(=O)C1CCN(S(=O)(=O)c2ccc(C)c(C)c2)CC1. The zero-order valence-electron chi connectivity index (χ0n) is 17.7. The van der Waals surface area contributed by atoms with Gasteiger partial charge in [0, 0.05) is 19.6 Å². The van der Waals surface area contributed by atoms with Crippen LogP contribution < -0.4 is 10.6 Å². The minimum atomic E-state index is -3.63. The molecular weight excluding hydrogens is 410 g/mol. The number of benzene rings is 1. The lowest BCUT2D eigenvalue weighted by molar-refractivity contribution is -0.159. The van der Waals surface area contributed by atoms with Crippen LogP contribution in [0.5, 0.6) is 0 Å². The van der Waals surface area contributed by atoms with Crippen LogP contribution in [-0.2, 0) is 24.3 Å². The molecule has 0 bridgehead atoms. The van der Waals surface area contributed by atoms with Gasteiger partial charge in [-0.25, -0.2) is 13.2 Å². The molecule has 2 rings (SSSR count). The number of sulfonamides is 1. The maximum atomic E-state index is 12.9. The molecule has 1 heterocycles. The van der Waals surface area contributed by atoms with E-state index in [-0.39, 0.29) is 18.0 Å². The highest BCUT2D eigenvalue weighted by atomic mass is 32.2. The van der Waals surface area contributed by atoms with Crippen molar-refractivity contribution in [3.05, 3.63) is 29.3 Å². The van der Waals surface area contributed by atoms with Crippen molar-refractivity contribution in [3.8, 4) is 0 Å². The summed E-state index contributed by atoms with van der Waals surface area (Å²) in [6, 6.07) is 4.36. The van der Waals surface area contributed by atoms with Crippen molar-refractivity contribution in [2.24, 2.45) is 5.92 Å². The van der Waals surface area contributed by atoms with Crippen molar-refractivity contribution < 1.29 is 27.5 Å². The lowest BCUT2D eigenvalue weighted by atomic mass is 9.98. The van der Waals surface area contributed by atoms with Gasteiger partial charge >= 0.3 is 12.0 Å². The number of amides is 3. The quantitative estimate of drug-likeness (QED) is 0.648. The standard InChI is InChI=1S/C20H29N3O6S/c1-5-21-20(26)22-18(24)15(4)29-19(25)16-8-10-23(11-9-16)30(27,28)17-7-6-13(2)14(3)12-17/h6-7,12,15-16H,5,8-11H2,1-4H3,(H2,21,22,24,26)/t15-/m0/s1. The fourth-order valence-electron chi connectivity index (χ4n) is 3.10. The molecule has 0 saturated carbocycles. The van der Waals surface area contributed by atoms with Crippen LogP contribution in [0.3, 0.4) is 0 Å². The van der Waals surface area contributed by atoms with Crippen LogP contribution in [-0.4, -0.2) is 56.4 Å². The van der Waals surface area contributed by atoms with Gasteiger partial charge in [0.25, 0.3) is 5.91 Å². The van der Waals surface area contributed by atoms with E-state index in [0.29, 0.717) is 19.4 Å². The van der Waals surface area contributed by atoms with Crippen molar-refractivity contribution in [1.29, 1.82) is 0 Å². The van der Waals surface area contributed by atoms with Crippen LogP contribution in [0.15, 0.2) is 23.1 Å². The summed E-state index contributed by atoms with van der Waals surface area (Å²) in [4.78, 5) is 35.9. The Bertz CT molecular complexity index is 907. The van der Waals surface area contributed by atoms with Crippen molar-refractivity contribution in [2.75, 3.05) is 19.6 Å². The number of nitrogens with zero attached hydrogens (tertiary/aromatic N) is 1. The molecule has 1 atom stereocenters. The molecule has 1 saturated heterocycles. The number of hydrogen-bond acceptors (Lipinski definition) is 6. The monoisotopic (exact) mass is 439 g/mol. The van der Waals surface area contributed by atoms with Gasteiger partial charge in [-0.05, 0) is 63.8 Å². The first-order valence-corrected chi connectivity index (χ1v) is 11.4. The molecule has 1 aliphatic heterocycles. The summed E-state index contributed by atoms with van der Waals surface area (Å²) < 4.78 is 32.3. The smallest absolute Gasteiger partial charge is 0.321 e. The van der Waals surface area contributed by atoms with Gasteiger partial charge in [-0.1, -0.05) is 6.07 Å². The van der Waals surface area contributed by atoms with Gasteiger partial charge in [-0.15, -0.1) is 0 Å². The van der Waals surface area contributed by atoms with E-state index < -0.39 is 40.0 Å². The first kappa shape index (κ1) is 23.8. The van der Waals surface area contributed by atoms with Gasteiger partial charge in [0.1, 0.15) is 0 Å². The molecular formula is C20H29N3O6S. The van der Waals surface area contributed by atoms with Crippen molar-refractivity contribution >= 4 is 27.9 Å². The maximum absolute atomic E-state index is 12.9. The molecule has 1 fully saturated rings. The molecule has 1 aliphatic rings. The predicted molar refractivity (Wildman–Crippen MR) is 110 cm³/mol. The number of hydrogen-bond donors (Lipinski definition) is 2. The number of imide groups is 1. The Morgan fingerprint density at radius 2 is 1.80 bits per heavy atom. The fourth-order valence-corrected chi connectivity index (χ4v) is 4.65. The van der Waals surface area contributed by atoms with Crippen molar-refractivity contribution in [2.45, 2.75) is 51.5 Å². The van der Waals surface area contributed by atoms with Gasteiger partial charge in [0.2, 0.25) is 10.0 Å². The van der Waals surface area contributed by atoms with E-state index in [2.05, 4.69) is 10.6 Å². The minimum absolute atomic E-state index is 0.189. The normalized spacial score (nSPS) is 16.5. The van der Waals surface area contributed by atoms with E-state index in [9.17, 15) is 22.8 Å². The van der Waals surface area contributed by atoms with Crippen LogP contribution in [0.25, 0.3) is 0 Å². The second-order valence-corrected chi connectivity index (χ2v) is 9.29. The highest BCUT2D eigenvalue weighted by molar-refractivity contribution is 7.89. The number of esters is 1. The Morgan fingerprint density at radius 3 is 2.37 bits per heavy atom. The molecule has 1 aromatic rings. The summed E-state index contributed by atoms with van der Waals surface area (Å²) in [5.74, 6) is -1.79. The lowest BCUT2D eigenvalue weighted by Gasteiger charge is -2.30. The molecule has 1 aromatic carbocycles. The van der Waals surface area contributed by atoms with Crippen LogP contribution in [0.1, 0.15) is 37.8 Å². The molecule has 0 radical (unpaired) electrons. The number of nitrogens with one attached hydrogen (secondary N) is 2. The number of piperidine rings is 1. The van der Waals surface area contributed by atoms with Crippen LogP contribution >= 0.6 is 0 Å². The van der Waals surface area contributed by atoms with Gasteiger partial charge in [-0.2, -0.15) is 4.31 Å². The summed E-state index contributed by atoms with van der Waals surface area (Å²) in [6.07, 6.45) is -0.529. The molecule has 10 heteroatoms. The second kappa shape index (κ2) is 10.0. The highest BCUT2D eigenvalue weighted by Crippen LogP contribution is 2.26. The van der Waals surface area contributed by atoms with E-state index in [1.807, 2.05) is 13.8 Å². The van der Waals surface area contributed by atoms with E-state index in [1.54, 1.807) is 25.1 Å². The average Bonchev–Trinajstić information content (AvgIpc) is 2.70. The zero-order valence-corrected chi connectivity index (χ0v) is 18.5. The Balaban J connectivity index is 1.91. The number of carbonyl (C=O) groups excluding carboxylic acids is 3. The third-order valence-corrected chi connectivity index (χ3v) is 7.03. The summed E-state index contributed by atoms with van der Waals surface area (Å²) >= 11 is 0. The molecule has 3 amide bonds. The highest BCUT2D eigenvalue weighted by Gasteiger charge is 2.34. The molecule has 166 valence electrons. The number of carbonyl (C=O) groups is 3. The summed E-state index contributed by atoms with van der Waals surface area (Å²) in [7, 11) is -3.63. The number of urea groups is 1. The molecule has 0 aromatic heterocycles. The zero-order chi connectivity index (χ0) is 22.5. The van der Waals surface area contributed by atoms with E-state index >= 15 is 0 Å².